The van der Waals surface area contributed by atoms with Crippen LogP contribution < -0.4 is 0 Å². The van der Waals surface area contributed by atoms with Gasteiger partial charge in [0.15, 0.2) is 0 Å². The lowest BCUT2D eigenvalue weighted by molar-refractivity contribution is -0.117. The van der Waals surface area contributed by atoms with Crippen molar-refractivity contribution in [2.24, 2.45) is 0 Å². The number of carbonyl (C=O) groups is 1. The highest BCUT2D eigenvalue weighted by Gasteiger charge is 2.10. The molecule has 0 spiro atoms. The topological polar surface area (TPSA) is 55.1 Å². The van der Waals surface area contributed by atoms with Gasteiger partial charge in [0.2, 0.25) is 0 Å². The molecule has 0 aliphatic heterocycles. The van der Waals surface area contributed by atoms with E-state index in [4.69, 9.17) is 0 Å². The van der Waals surface area contributed by atoms with E-state index in [1.54, 1.807) is 6.92 Å². The molecule has 2 aromatic rings. The van der Waals surface area contributed by atoms with E-state index >= 15 is 0 Å². The van der Waals surface area contributed by atoms with E-state index in [0.717, 1.165) is 15.5 Å². The molecule has 0 bridgehead atoms. The van der Waals surface area contributed by atoms with Crippen molar-refractivity contribution >= 4 is 32.7 Å². The van der Waals surface area contributed by atoms with E-state index < -0.39 is 0 Å². The summed E-state index contributed by atoms with van der Waals surface area (Å²) in [6.45, 7) is 2.00. The Balaban J connectivity index is 2.47. The van der Waals surface area contributed by atoms with Crippen LogP contribution in [-0.2, 0) is 17.9 Å². The maximum Gasteiger partial charge on any atom is 0.135 e. The summed E-state index contributed by atoms with van der Waals surface area (Å²) in [5, 5.41) is 9.27. The number of halogens is 1. The molecule has 4 nitrogen and oxygen atoms in total. The maximum absolute atomic E-state index is 11.0. The quantitative estimate of drug-likeness (QED) is 0.942. The highest BCUT2D eigenvalue weighted by molar-refractivity contribution is 9.10. The molecule has 1 aromatic carbocycles. The van der Waals surface area contributed by atoms with Crippen molar-refractivity contribution in [3.8, 4) is 0 Å². The van der Waals surface area contributed by atoms with Crippen molar-refractivity contribution in [3.05, 3.63) is 28.5 Å². The molecule has 0 fully saturated rings. The van der Waals surface area contributed by atoms with Crippen molar-refractivity contribution in [2.75, 3.05) is 0 Å². The standard InChI is InChI=1S/C12H13BrN2O2/c1-8(17)4-5-15-11-3-2-9(13)6-10(11)14-12(15)7-16/h2-3,6,16H,4-5,7H2,1H3. The Kier molecular flexibility index (Phi) is 3.59. The van der Waals surface area contributed by atoms with Gasteiger partial charge in [-0.25, -0.2) is 4.98 Å². The molecule has 0 saturated carbocycles. The maximum atomic E-state index is 11.0. The van der Waals surface area contributed by atoms with Gasteiger partial charge in [-0.3, -0.25) is 4.79 Å². The lowest BCUT2D eigenvalue weighted by Crippen LogP contribution is -2.06. The number of hydrogen-bond donors (Lipinski definition) is 1. The Labute approximate surface area is 107 Å². The van der Waals surface area contributed by atoms with Gasteiger partial charge < -0.3 is 9.67 Å². The first-order valence-electron chi connectivity index (χ1n) is 5.37. The van der Waals surface area contributed by atoms with E-state index in [0.29, 0.717) is 18.8 Å². The molecule has 1 N–H and O–H groups in total. The van der Waals surface area contributed by atoms with Crippen LogP contribution in [0.2, 0.25) is 0 Å². The van der Waals surface area contributed by atoms with Crippen LogP contribution in [0.1, 0.15) is 19.2 Å². The summed E-state index contributed by atoms with van der Waals surface area (Å²) in [6.07, 6.45) is 0.453. The van der Waals surface area contributed by atoms with Crippen LogP contribution in [0.3, 0.4) is 0 Å². The van der Waals surface area contributed by atoms with Gasteiger partial charge in [-0.15, -0.1) is 0 Å². The van der Waals surface area contributed by atoms with Gasteiger partial charge in [-0.2, -0.15) is 0 Å². The van der Waals surface area contributed by atoms with Gasteiger partial charge >= 0.3 is 0 Å². The van der Waals surface area contributed by atoms with Gasteiger partial charge in [-0.05, 0) is 25.1 Å². The highest BCUT2D eigenvalue weighted by atomic mass is 79.9. The molecule has 0 aliphatic carbocycles. The molecule has 0 radical (unpaired) electrons. The zero-order valence-corrected chi connectivity index (χ0v) is 11.1. The monoisotopic (exact) mass is 296 g/mol. The number of benzene rings is 1. The number of imidazole rings is 1. The van der Waals surface area contributed by atoms with E-state index in [9.17, 15) is 9.90 Å². The zero-order valence-electron chi connectivity index (χ0n) is 9.48. The van der Waals surface area contributed by atoms with Gasteiger partial charge in [0, 0.05) is 17.4 Å². The molecular formula is C12H13BrN2O2. The van der Waals surface area contributed by atoms with Crippen LogP contribution in [0, 0.1) is 0 Å². The zero-order chi connectivity index (χ0) is 12.4. The third-order valence-corrected chi connectivity index (χ3v) is 3.11. The number of ketones is 1. The summed E-state index contributed by atoms with van der Waals surface area (Å²) in [5.74, 6) is 0.729. The molecule has 1 aromatic heterocycles. The number of Topliss-reactive ketones (excluding diaryl/α,β-unsaturated/α-hetero) is 1. The van der Waals surface area contributed by atoms with Crippen LogP contribution >= 0.6 is 15.9 Å². The summed E-state index contributed by atoms with van der Waals surface area (Å²) >= 11 is 3.38. The second-order valence-electron chi connectivity index (χ2n) is 3.92. The number of fused-ring (bicyclic) bond motifs is 1. The molecule has 0 aliphatic rings. The van der Waals surface area contributed by atoms with Gasteiger partial charge in [0.1, 0.15) is 18.2 Å². The number of aliphatic hydroxyl groups is 1. The summed E-state index contributed by atoms with van der Waals surface area (Å²) in [7, 11) is 0. The summed E-state index contributed by atoms with van der Waals surface area (Å²) in [5.41, 5.74) is 1.77. The molecule has 0 amide bonds. The fourth-order valence-electron chi connectivity index (χ4n) is 1.79. The van der Waals surface area contributed by atoms with Crippen LogP contribution in [0.15, 0.2) is 22.7 Å². The second-order valence-corrected chi connectivity index (χ2v) is 4.84. The van der Waals surface area contributed by atoms with Crippen molar-refractivity contribution in [2.45, 2.75) is 26.5 Å². The summed E-state index contributed by atoms with van der Waals surface area (Å²) < 4.78 is 2.84. The minimum absolute atomic E-state index is 0.121. The number of aliphatic hydroxyl groups excluding tert-OH is 1. The first kappa shape index (κ1) is 12.3. The molecule has 17 heavy (non-hydrogen) atoms. The Bertz CT molecular complexity index is 563. The fourth-order valence-corrected chi connectivity index (χ4v) is 2.14. The van der Waals surface area contributed by atoms with Crippen LogP contribution in [0.4, 0.5) is 0 Å². The van der Waals surface area contributed by atoms with E-state index in [1.807, 2.05) is 22.8 Å². The predicted molar refractivity (Wildman–Crippen MR) is 68.7 cm³/mol. The number of aromatic nitrogens is 2. The van der Waals surface area contributed by atoms with Gasteiger partial charge in [0.25, 0.3) is 0 Å². The number of carbonyl (C=O) groups excluding carboxylic acids is 1. The minimum Gasteiger partial charge on any atom is -0.388 e. The molecule has 0 atom stereocenters. The Hall–Kier alpha value is -1.20. The fraction of sp³-hybridized carbons (Fsp3) is 0.333. The number of aryl methyl sites for hydroxylation is 1. The largest absolute Gasteiger partial charge is 0.388 e. The lowest BCUT2D eigenvalue weighted by Gasteiger charge is -2.05. The van der Waals surface area contributed by atoms with Gasteiger partial charge in [0.05, 0.1) is 11.0 Å². The normalized spacial score (nSPS) is 11.0. The minimum atomic E-state index is -0.121. The van der Waals surface area contributed by atoms with Crippen molar-refractivity contribution < 1.29 is 9.90 Å². The highest BCUT2D eigenvalue weighted by Crippen LogP contribution is 2.21. The third kappa shape index (κ3) is 2.56. The van der Waals surface area contributed by atoms with Crippen LogP contribution in [0.5, 0.6) is 0 Å². The summed E-state index contributed by atoms with van der Waals surface area (Å²) in [4.78, 5) is 15.4. The molecule has 1 heterocycles. The first-order valence-corrected chi connectivity index (χ1v) is 6.16. The van der Waals surface area contributed by atoms with E-state index in [-0.39, 0.29) is 12.4 Å². The smallest absolute Gasteiger partial charge is 0.135 e. The predicted octanol–water partition coefficient (Wildman–Crippen LogP) is 2.27. The molecule has 0 unspecified atom stereocenters. The number of hydrogen-bond acceptors (Lipinski definition) is 3. The summed E-state index contributed by atoms with van der Waals surface area (Å²) in [6, 6.07) is 5.76. The van der Waals surface area contributed by atoms with Crippen molar-refractivity contribution in [3.63, 3.8) is 0 Å². The number of nitrogens with zero attached hydrogens (tertiary/aromatic N) is 2. The van der Waals surface area contributed by atoms with Crippen molar-refractivity contribution in [1.29, 1.82) is 0 Å². The molecule has 90 valence electrons. The third-order valence-electron chi connectivity index (χ3n) is 2.62. The molecule has 2 rings (SSSR count). The van der Waals surface area contributed by atoms with E-state index in [1.165, 1.54) is 0 Å². The number of rotatable bonds is 4. The Morgan fingerprint density at radius 2 is 2.29 bits per heavy atom. The molecule has 5 heteroatoms. The van der Waals surface area contributed by atoms with Crippen LogP contribution in [-0.4, -0.2) is 20.4 Å². The first-order chi connectivity index (χ1) is 8.11. The second kappa shape index (κ2) is 4.98. The lowest BCUT2D eigenvalue weighted by atomic mass is 10.3. The SMILES string of the molecule is CC(=O)CCn1c(CO)nc2cc(Br)ccc21. The Morgan fingerprint density at radius 3 is 2.94 bits per heavy atom. The van der Waals surface area contributed by atoms with E-state index in [2.05, 4.69) is 20.9 Å². The van der Waals surface area contributed by atoms with Crippen LogP contribution in [0.25, 0.3) is 11.0 Å². The van der Waals surface area contributed by atoms with Crippen molar-refractivity contribution in [1.82, 2.24) is 9.55 Å². The average molecular weight is 297 g/mol. The van der Waals surface area contributed by atoms with Gasteiger partial charge in [-0.1, -0.05) is 15.9 Å². The average Bonchev–Trinajstić information content (AvgIpc) is 2.63. The molecule has 0 saturated heterocycles. The molecular weight excluding hydrogens is 284 g/mol. The Morgan fingerprint density at radius 1 is 1.53 bits per heavy atom.